The molecule has 0 saturated heterocycles. The van der Waals surface area contributed by atoms with Crippen LogP contribution in [-0.2, 0) is 0 Å². The number of rotatable bonds is 4. The van der Waals surface area contributed by atoms with E-state index in [1.165, 1.54) is 13.3 Å². The molecule has 7 nitrogen and oxygen atoms in total. The van der Waals surface area contributed by atoms with E-state index in [9.17, 15) is 4.79 Å². The van der Waals surface area contributed by atoms with E-state index in [0.29, 0.717) is 0 Å². The molecule has 0 aliphatic heterocycles. The Morgan fingerprint density at radius 2 is 2.50 bits per heavy atom. The van der Waals surface area contributed by atoms with Crippen LogP contribution < -0.4 is 15.8 Å². The van der Waals surface area contributed by atoms with Crippen LogP contribution in [0.15, 0.2) is 23.5 Å². The highest BCUT2D eigenvalue weighted by Gasteiger charge is 2.12. The Morgan fingerprint density at radius 3 is 3.12 bits per heavy atom. The molecule has 1 aromatic rings. The van der Waals surface area contributed by atoms with Crippen molar-refractivity contribution in [3.8, 4) is 5.88 Å². The fourth-order valence-corrected chi connectivity index (χ4v) is 1.03. The number of hydrogen-bond donors (Lipinski definition) is 3. The predicted molar refractivity (Wildman–Crippen MR) is 56.5 cm³/mol. The zero-order valence-corrected chi connectivity index (χ0v) is 8.67. The molecule has 1 amide bonds. The van der Waals surface area contributed by atoms with Crippen LogP contribution in [-0.4, -0.2) is 35.6 Å². The summed E-state index contributed by atoms with van der Waals surface area (Å²) in [6.07, 6.45) is 1.51. The van der Waals surface area contributed by atoms with Gasteiger partial charge in [0.25, 0.3) is 5.91 Å². The zero-order chi connectivity index (χ0) is 12.0. The van der Waals surface area contributed by atoms with Gasteiger partial charge >= 0.3 is 0 Å². The van der Waals surface area contributed by atoms with Gasteiger partial charge in [-0.15, -0.1) is 0 Å². The topological polar surface area (TPSA) is 110 Å². The predicted octanol–water partition coefficient (Wildman–Crippen LogP) is -0.434. The standard InChI is InChI=1S/C9H12N4O3/c1-16-9-6(3-2-4-11-9)8(14)12-5-7(10)13-15/h2-4,15H,5H2,1H3,(H2,10,13)(H,12,14). The monoisotopic (exact) mass is 224 g/mol. The van der Waals surface area contributed by atoms with Crippen LogP contribution in [0.25, 0.3) is 0 Å². The van der Waals surface area contributed by atoms with Crippen molar-refractivity contribution in [2.75, 3.05) is 13.7 Å². The van der Waals surface area contributed by atoms with Crippen LogP contribution in [0.1, 0.15) is 10.4 Å². The van der Waals surface area contributed by atoms with Gasteiger partial charge in [0.1, 0.15) is 5.56 Å². The molecule has 1 aromatic heterocycles. The van der Waals surface area contributed by atoms with E-state index in [4.69, 9.17) is 15.7 Å². The second kappa shape index (κ2) is 5.54. The van der Waals surface area contributed by atoms with E-state index < -0.39 is 5.91 Å². The van der Waals surface area contributed by atoms with Crippen molar-refractivity contribution in [1.29, 1.82) is 0 Å². The molecular formula is C9H12N4O3. The van der Waals surface area contributed by atoms with E-state index in [1.54, 1.807) is 12.1 Å². The highest BCUT2D eigenvalue weighted by atomic mass is 16.5. The van der Waals surface area contributed by atoms with Gasteiger partial charge in [0.2, 0.25) is 5.88 Å². The third kappa shape index (κ3) is 2.84. The van der Waals surface area contributed by atoms with Gasteiger partial charge in [0, 0.05) is 6.20 Å². The van der Waals surface area contributed by atoms with Gasteiger partial charge < -0.3 is 21.0 Å². The lowest BCUT2D eigenvalue weighted by molar-refractivity contribution is 0.0955. The molecule has 0 aliphatic rings. The molecule has 0 aliphatic carbocycles. The number of nitrogens with one attached hydrogen (secondary N) is 1. The highest BCUT2D eigenvalue weighted by Crippen LogP contribution is 2.12. The Hall–Kier alpha value is -2.31. The molecular weight excluding hydrogens is 212 g/mol. The molecule has 0 fully saturated rings. The fourth-order valence-electron chi connectivity index (χ4n) is 1.03. The van der Waals surface area contributed by atoms with Crippen molar-refractivity contribution >= 4 is 11.7 Å². The molecule has 0 unspecified atom stereocenters. The second-order valence-electron chi connectivity index (χ2n) is 2.83. The summed E-state index contributed by atoms with van der Waals surface area (Å²) in [7, 11) is 1.42. The number of oxime groups is 1. The minimum absolute atomic E-state index is 0.0482. The van der Waals surface area contributed by atoms with E-state index in [-0.39, 0.29) is 23.8 Å². The lowest BCUT2D eigenvalue weighted by atomic mass is 10.2. The summed E-state index contributed by atoms with van der Waals surface area (Å²) < 4.78 is 4.92. The number of nitrogens with zero attached hydrogens (tertiary/aromatic N) is 2. The molecule has 7 heteroatoms. The average Bonchev–Trinajstić information content (AvgIpc) is 2.35. The molecule has 0 spiro atoms. The van der Waals surface area contributed by atoms with Crippen LogP contribution in [0.4, 0.5) is 0 Å². The minimum Gasteiger partial charge on any atom is -0.480 e. The first kappa shape index (κ1) is 11.8. The number of methoxy groups -OCH3 is 1. The van der Waals surface area contributed by atoms with Crippen molar-refractivity contribution < 1.29 is 14.7 Å². The Morgan fingerprint density at radius 1 is 1.75 bits per heavy atom. The van der Waals surface area contributed by atoms with Gasteiger partial charge in [-0.2, -0.15) is 0 Å². The normalized spacial score (nSPS) is 10.9. The van der Waals surface area contributed by atoms with Crippen molar-refractivity contribution in [3.05, 3.63) is 23.9 Å². The SMILES string of the molecule is COc1ncccc1C(=O)NCC(N)=NO. The Labute approximate surface area is 91.9 Å². The maximum Gasteiger partial charge on any atom is 0.257 e. The van der Waals surface area contributed by atoms with Crippen molar-refractivity contribution in [3.63, 3.8) is 0 Å². The van der Waals surface area contributed by atoms with E-state index >= 15 is 0 Å². The molecule has 0 bridgehead atoms. The average molecular weight is 224 g/mol. The van der Waals surface area contributed by atoms with Crippen molar-refractivity contribution in [2.45, 2.75) is 0 Å². The highest BCUT2D eigenvalue weighted by molar-refractivity contribution is 5.98. The number of ether oxygens (including phenoxy) is 1. The number of pyridine rings is 1. The number of aromatic nitrogens is 1. The second-order valence-corrected chi connectivity index (χ2v) is 2.83. The summed E-state index contributed by atoms with van der Waals surface area (Å²) in [6.45, 7) is -0.0482. The van der Waals surface area contributed by atoms with Gasteiger partial charge in [-0.3, -0.25) is 4.79 Å². The maximum absolute atomic E-state index is 11.6. The van der Waals surface area contributed by atoms with Gasteiger partial charge in [-0.1, -0.05) is 5.16 Å². The number of amidine groups is 1. The number of amides is 1. The number of nitrogens with two attached hydrogens (primary N) is 1. The fraction of sp³-hybridized carbons (Fsp3) is 0.222. The van der Waals surface area contributed by atoms with Crippen LogP contribution in [0.5, 0.6) is 5.88 Å². The van der Waals surface area contributed by atoms with Crippen molar-refractivity contribution in [2.24, 2.45) is 10.9 Å². The molecule has 1 rings (SSSR count). The lowest BCUT2D eigenvalue weighted by Crippen LogP contribution is -2.33. The third-order valence-electron chi connectivity index (χ3n) is 1.77. The summed E-state index contributed by atoms with van der Waals surface area (Å²) in [5, 5.41) is 13.5. The molecule has 86 valence electrons. The zero-order valence-electron chi connectivity index (χ0n) is 8.67. The molecule has 4 N–H and O–H groups in total. The number of hydrogen-bond acceptors (Lipinski definition) is 5. The number of carbonyl (C=O) groups excluding carboxylic acids is 1. The van der Waals surface area contributed by atoms with Gasteiger partial charge in [-0.05, 0) is 12.1 Å². The van der Waals surface area contributed by atoms with Crippen LogP contribution in [0, 0.1) is 0 Å². The van der Waals surface area contributed by atoms with Gasteiger partial charge in [-0.25, -0.2) is 4.98 Å². The Kier molecular flexibility index (Phi) is 4.07. The van der Waals surface area contributed by atoms with E-state index in [2.05, 4.69) is 15.5 Å². The van der Waals surface area contributed by atoms with Gasteiger partial charge in [0.05, 0.1) is 13.7 Å². The van der Waals surface area contributed by atoms with Crippen LogP contribution >= 0.6 is 0 Å². The first-order chi connectivity index (χ1) is 7.69. The third-order valence-corrected chi connectivity index (χ3v) is 1.77. The summed E-state index contributed by atoms with van der Waals surface area (Å²) >= 11 is 0. The maximum atomic E-state index is 11.6. The Balaban J connectivity index is 2.73. The summed E-state index contributed by atoms with van der Waals surface area (Å²) in [4.78, 5) is 15.5. The summed E-state index contributed by atoms with van der Waals surface area (Å²) in [5.41, 5.74) is 5.50. The molecule has 16 heavy (non-hydrogen) atoms. The van der Waals surface area contributed by atoms with Crippen molar-refractivity contribution in [1.82, 2.24) is 10.3 Å². The van der Waals surface area contributed by atoms with Crippen LogP contribution in [0.3, 0.4) is 0 Å². The lowest BCUT2D eigenvalue weighted by Gasteiger charge is -2.07. The quantitative estimate of drug-likeness (QED) is 0.278. The van der Waals surface area contributed by atoms with E-state index in [1.807, 2.05) is 0 Å². The van der Waals surface area contributed by atoms with Crippen LogP contribution in [0.2, 0.25) is 0 Å². The smallest absolute Gasteiger partial charge is 0.257 e. The molecule has 0 atom stereocenters. The summed E-state index contributed by atoms with van der Waals surface area (Å²) in [6, 6.07) is 3.17. The first-order valence-electron chi connectivity index (χ1n) is 4.42. The largest absolute Gasteiger partial charge is 0.480 e. The molecule has 1 heterocycles. The molecule has 0 radical (unpaired) electrons. The molecule has 0 aromatic carbocycles. The van der Waals surface area contributed by atoms with E-state index in [0.717, 1.165) is 0 Å². The minimum atomic E-state index is -0.406. The number of carbonyl (C=O) groups is 1. The summed E-state index contributed by atoms with van der Waals surface area (Å²) in [5.74, 6) is -0.271. The first-order valence-corrected chi connectivity index (χ1v) is 4.42. The Bertz CT molecular complexity index is 405. The van der Waals surface area contributed by atoms with Gasteiger partial charge in [0.15, 0.2) is 5.84 Å². The molecule has 0 saturated carbocycles.